The summed E-state index contributed by atoms with van der Waals surface area (Å²) in [6.07, 6.45) is 5.35. The number of hydrazine groups is 1. The smallest absolute Gasteiger partial charge is 0.0316 e. The number of nitrogens with two attached hydrogens (primary N) is 2. The zero-order valence-corrected chi connectivity index (χ0v) is 6.35. The molecular formula is C7H15N3. The lowest BCUT2D eigenvalue weighted by molar-refractivity contribution is 0.211. The number of allylic oxidation sites excluding steroid dienone is 1. The topological polar surface area (TPSA) is 64.1 Å². The molecule has 58 valence electrons. The van der Waals surface area contributed by atoms with E-state index in [1.807, 2.05) is 0 Å². The Labute approximate surface area is 61.4 Å². The minimum absolute atomic E-state index is 0.229. The molecule has 0 saturated heterocycles. The van der Waals surface area contributed by atoms with Crippen LogP contribution in [0, 0.1) is 5.41 Å². The standard InChI is InChI=1S/C7H15N3/c1-7(3-2-4-7)6(8)5-10-9/h5,10H,2-4,8-9H2,1H3/b6-5-. The predicted octanol–water partition coefficient (Wildman–Crippen LogP) is 0.440. The van der Waals surface area contributed by atoms with Gasteiger partial charge in [0.2, 0.25) is 0 Å². The third-order valence-corrected chi connectivity index (χ3v) is 2.39. The van der Waals surface area contributed by atoms with E-state index in [-0.39, 0.29) is 5.41 Å². The van der Waals surface area contributed by atoms with E-state index in [1.165, 1.54) is 19.3 Å². The van der Waals surface area contributed by atoms with E-state index >= 15 is 0 Å². The Morgan fingerprint density at radius 3 is 2.50 bits per heavy atom. The second kappa shape index (κ2) is 2.50. The molecule has 0 aromatic carbocycles. The number of rotatable bonds is 2. The van der Waals surface area contributed by atoms with Crippen molar-refractivity contribution in [3.05, 3.63) is 11.9 Å². The summed E-state index contributed by atoms with van der Waals surface area (Å²) in [5.74, 6) is 5.10. The van der Waals surface area contributed by atoms with Gasteiger partial charge in [-0.3, -0.25) is 5.84 Å². The maximum Gasteiger partial charge on any atom is 0.0316 e. The van der Waals surface area contributed by atoms with E-state index in [0.717, 1.165) is 5.70 Å². The van der Waals surface area contributed by atoms with Crippen LogP contribution < -0.4 is 17.0 Å². The molecule has 1 aliphatic carbocycles. The van der Waals surface area contributed by atoms with E-state index in [1.54, 1.807) is 6.20 Å². The first-order chi connectivity index (χ1) is 4.69. The number of hydrogen-bond acceptors (Lipinski definition) is 3. The molecule has 1 fully saturated rings. The van der Waals surface area contributed by atoms with Gasteiger partial charge in [0.15, 0.2) is 0 Å². The summed E-state index contributed by atoms with van der Waals surface area (Å²) in [7, 11) is 0. The first kappa shape index (κ1) is 7.41. The summed E-state index contributed by atoms with van der Waals surface area (Å²) in [5, 5.41) is 0. The third-order valence-electron chi connectivity index (χ3n) is 2.39. The molecule has 5 N–H and O–H groups in total. The fourth-order valence-electron chi connectivity index (χ4n) is 1.26. The second-order valence-electron chi connectivity index (χ2n) is 3.18. The molecule has 10 heavy (non-hydrogen) atoms. The summed E-state index contributed by atoms with van der Waals surface area (Å²) in [5.41, 5.74) is 9.30. The first-order valence-corrected chi connectivity index (χ1v) is 3.61. The Morgan fingerprint density at radius 2 is 2.20 bits per heavy atom. The molecule has 0 radical (unpaired) electrons. The van der Waals surface area contributed by atoms with Crippen LogP contribution in [0.1, 0.15) is 26.2 Å². The van der Waals surface area contributed by atoms with Crippen molar-refractivity contribution in [1.29, 1.82) is 0 Å². The van der Waals surface area contributed by atoms with Crippen molar-refractivity contribution in [2.45, 2.75) is 26.2 Å². The van der Waals surface area contributed by atoms with E-state index < -0.39 is 0 Å². The SMILES string of the molecule is CC1(/C(N)=C/NN)CCC1. The highest BCUT2D eigenvalue weighted by molar-refractivity contribution is 5.11. The zero-order valence-electron chi connectivity index (χ0n) is 6.35. The molecule has 0 atom stereocenters. The molecule has 0 unspecified atom stereocenters. The van der Waals surface area contributed by atoms with Crippen LogP contribution in [0.5, 0.6) is 0 Å². The Kier molecular flexibility index (Phi) is 1.85. The summed E-state index contributed by atoms with van der Waals surface area (Å²) in [6, 6.07) is 0. The maximum atomic E-state index is 5.74. The summed E-state index contributed by atoms with van der Waals surface area (Å²) in [6.45, 7) is 2.17. The van der Waals surface area contributed by atoms with E-state index in [0.29, 0.717) is 0 Å². The quantitative estimate of drug-likeness (QED) is 0.386. The van der Waals surface area contributed by atoms with Gasteiger partial charge in [0.25, 0.3) is 0 Å². The van der Waals surface area contributed by atoms with Crippen LogP contribution in [-0.4, -0.2) is 0 Å². The molecule has 1 rings (SSSR count). The van der Waals surface area contributed by atoms with Gasteiger partial charge in [-0.2, -0.15) is 0 Å². The van der Waals surface area contributed by atoms with E-state index in [4.69, 9.17) is 11.6 Å². The normalized spacial score (nSPS) is 23.6. The van der Waals surface area contributed by atoms with Crippen LogP contribution >= 0.6 is 0 Å². The van der Waals surface area contributed by atoms with Crippen LogP contribution in [0.2, 0.25) is 0 Å². The van der Waals surface area contributed by atoms with Gasteiger partial charge in [-0.05, 0) is 12.8 Å². The molecule has 0 aliphatic heterocycles. The number of nitrogens with one attached hydrogen (secondary N) is 1. The van der Waals surface area contributed by atoms with Crippen molar-refractivity contribution >= 4 is 0 Å². The molecule has 0 spiro atoms. The van der Waals surface area contributed by atoms with Crippen molar-refractivity contribution in [2.24, 2.45) is 17.0 Å². The van der Waals surface area contributed by atoms with Crippen molar-refractivity contribution in [2.75, 3.05) is 0 Å². The predicted molar refractivity (Wildman–Crippen MR) is 41.6 cm³/mol. The molecular weight excluding hydrogens is 126 g/mol. The van der Waals surface area contributed by atoms with Gasteiger partial charge < -0.3 is 11.2 Å². The highest BCUT2D eigenvalue weighted by atomic mass is 15.2. The van der Waals surface area contributed by atoms with Crippen LogP contribution in [-0.2, 0) is 0 Å². The fraction of sp³-hybridized carbons (Fsp3) is 0.714. The lowest BCUT2D eigenvalue weighted by atomic mass is 9.68. The Hall–Kier alpha value is -0.700. The van der Waals surface area contributed by atoms with Crippen molar-refractivity contribution in [1.82, 2.24) is 5.43 Å². The lowest BCUT2D eigenvalue weighted by Crippen LogP contribution is -2.33. The molecule has 0 aromatic heterocycles. The average Bonchev–Trinajstić information content (AvgIpc) is 1.83. The maximum absolute atomic E-state index is 5.74. The van der Waals surface area contributed by atoms with Gasteiger partial charge in [-0.1, -0.05) is 13.3 Å². The summed E-state index contributed by atoms with van der Waals surface area (Å²) < 4.78 is 0. The minimum atomic E-state index is 0.229. The fourth-order valence-corrected chi connectivity index (χ4v) is 1.26. The molecule has 1 aliphatic rings. The number of hydrogen-bond donors (Lipinski definition) is 3. The van der Waals surface area contributed by atoms with Gasteiger partial charge in [0.1, 0.15) is 0 Å². The van der Waals surface area contributed by atoms with Crippen molar-refractivity contribution < 1.29 is 0 Å². The summed E-state index contributed by atoms with van der Waals surface area (Å²) in [4.78, 5) is 0. The van der Waals surface area contributed by atoms with Crippen LogP contribution in [0.3, 0.4) is 0 Å². The molecule has 3 nitrogen and oxygen atoms in total. The third kappa shape index (κ3) is 1.09. The first-order valence-electron chi connectivity index (χ1n) is 3.61. The molecule has 0 aromatic rings. The molecule has 3 heteroatoms. The van der Waals surface area contributed by atoms with Crippen LogP contribution in [0.25, 0.3) is 0 Å². The molecule has 0 bridgehead atoms. The monoisotopic (exact) mass is 141 g/mol. The Morgan fingerprint density at radius 1 is 1.60 bits per heavy atom. The van der Waals surface area contributed by atoms with Crippen molar-refractivity contribution in [3.63, 3.8) is 0 Å². The zero-order chi connectivity index (χ0) is 7.61. The van der Waals surface area contributed by atoms with Gasteiger partial charge in [-0.15, -0.1) is 0 Å². The van der Waals surface area contributed by atoms with Gasteiger partial charge in [0.05, 0.1) is 0 Å². The van der Waals surface area contributed by atoms with E-state index in [2.05, 4.69) is 12.3 Å². The van der Waals surface area contributed by atoms with Crippen LogP contribution in [0.15, 0.2) is 11.9 Å². The molecule has 1 saturated carbocycles. The van der Waals surface area contributed by atoms with Crippen LogP contribution in [0.4, 0.5) is 0 Å². The molecule has 0 amide bonds. The highest BCUT2D eigenvalue weighted by Crippen LogP contribution is 2.44. The average molecular weight is 141 g/mol. The Balaban J connectivity index is 2.54. The van der Waals surface area contributed by atoms with E-state index in [9.17, 15) is 0 Å². The van der Waals surface area contributed by atoms with Gasteiger partial charge >= 0.3 is 0 Å². The molecule has 0 heterocycles. The van der Waals surface area contributed by atoms with Crippen molar-refractivity contribution in [3.8, 4) is 0 Å². The lowest BCUT2D eigenvalue weighted by Gasteiger charge is -2.38. The highest BCUT2D eigenvalue weighted by Gasteiger charge is 2.34. The summed E-state index contributed by atoms with van der Waals surface area (Å²) >= 11 is 0. The Bertz CT molecular complexity index is 147. The minimum Gasteiger partial charge on any atom is -0.400 e. The van der Waals surface area contributed by atoms with Gasteiger partial charge in [0, 0.05) is 17.3 Å². The second-order valence-corrected chi connectivity index (χ2v) is 3.18. The van der Waals surface area contributed by atoms with Gasteiger partial charge in [-0.25, -0.2) is 0 Å². The largest absolute Gasteiger partial charge is 0.400 e.